The Morgan fingerprint density at radius 1 is 1.19 bits per heavy atom. The Labute approximate surface area is 130 Å². The first-order valence-electron chi connectivity index (χ1n) is 8.85. The Hall–Kier alpha value is -0.830. The van der Waals surface area contributed by atoms with Gasteiger partial charge in [0.2, 0.25) is 0 Å². The van der Waals surface area contributed by atoms with Crippen LogP contribution in [0.3, 0.4) is 0 Å². The Morgan fingerprint density at radius 2 is 1.95 bits per heavy atom. The monoisotopic (exact) mass is 292 g/mol. The minimum Gasteiger partial charge on any atom is -0.381 e. The molecule has 0 radical (unpaired) electrons. The standard InChI is InChI=1S/C18H32N2O/c1-4-6-11-21-12-7-8-16-13-17(16)9-10-18-14-19-20(5-2)15(18)3/h14,16-17H,4-13H2,1-3H3. The van der Waals surface area contributed by atoms with Crippen LogP contribution in [-0.4, -0.2) is 23.0 Å². The lowest BCUT2D eigenvalue weighted by Crippen LogP contribution is -2.00. The van der Waals surface area contributed by atoms with E-state index in [0.717, 1.165) is 31.6 Å². The number of hydrogen-bond acceptors (Lipinski definition) is 2. The van der Waals surface area contributed by atoms with E-state index in [1.54, 1.807) is 0 Å². The molecule has 1 saturated carbocycles. The summed E-state index contributed by atoms with van der Waals surface area (Å²) in [6.07, 6.45) is 11.1. The quantitative estimate of drug-likeness (QED) is 0.566. The Kier molecular flexibility index (Phi) is 6.75. The zero-order valence-corrected chi connectivity index (χ0v) is 14.1. The molecule has 2 atom stereocenters. The molecule has 0 aromatic carbocycles. The summed E-state index contributed by atoms with van der Waals surface area (Å²) < 4.78 is 7.74. The van der Waals surface area contributed by atoms with Crippen molar-refractivity contribution in [2.24, 2.45) is 11.8 Å². The van der Waals surface area contributed by atoms with Crippen LogP contribution in [-0.2, 0) is 17.7 Å². The Balaban J connectivity index is 1.54. The van der Waals surface area contributed by atoms with Gasteiger partial charge in [-0.25, -0.2) is 0 Å². The third-order valence-electron chi connectivity index (χ3n) is 4.86. The highest BCUT2D eigenvalue weighted by Crippen LogP contribution is 2.45. The molecule has 1 aliphatic carbocycles. The summed E-state index contributed by atoms with van der Waals surface area (Å²) in [6.45, 7) is 9.46. The normalized spacial score (nSPS) is 20.9. The van der Waals surface area contributed by atoms with Crippen LogP contribution in [0.25, 0.3) is 0 Å². The SMILES string of the molecule is CCCCOCCCC1CC1CCc1cnn(CC)c1C. The summed E-state index contributed by atoms with van der Waals surface area (Å²) in [5.41, 5.74) is 2.81. The van der Waals surface area contributed by atoms with Gasteiger partial charge in [-0.1, -0.05) is 13.3 Å². The molecule has 3 nitrogen and oxygen atoms in total. The van der Waals surface area contributed by atoms with Crippen molar-refractivity contribution in [1.29, 1.82) is 0 Å². The van der Waals surface area contributed by atoms with Crippen molar-refractivity contribution in [1.82, 2.24) is 9.78 Å². The highest BCUT2D eigenvalue weighted by Gasteiger charge is 2.35. The van der Waals surface area contributed by atoms with Crippen LogP contribution < -0.4 is 0 Å². The number of hydrogen-bond donors (Lipinski definition) is 0. The summed E-state index contributed by atoms with van der Waals surface area (Å²) in [6, 6.07) is 0. The number of ether oxygens (including phenoxy) is 1. The number of aromatic nitrogens is 2. The van der Waals surface area contributed by atoms with Crippen molar-refractivity contribution in [2.75, 3.05) is 13.2 Å². The molecule has 0 aliphatic heterocycles. The largest absolute Gasteiger partial charge is 0.381 e. The van der Waals surface area contributed by atoms with E-state index in [1.807, 2.05) is 0 Å². The fraction of sp³-hybridized carbons (Fsp3) is 0.833. The third-order valence-corrected chi connectivity index (χ3v) is 4.86. The fourth-order valence-electron chi connectivity index (χ4n) is 3.20. The molecule has 0 amide bonds. The number of nitrogens with zero attached hydrogens (tertiary/aromatic N) is 2. The maximum atomic E-state index is 5.64. The van der Waals surface area contributed by atoms with E-state index >= 15 is 0 Å². The molecule has 0 spiro atoms. The smallest absolute Gasteiger partial charge is 0.0524 e. The molecule has 2 unspecified atom stereocenters. The lowest BCUT2D eigenvalue weighted by Gasteiger charge is -2.04. The molecule has 1 heterocycles. The summed E-state index contributed by atoms with van der Waals surface area (Å²) >= 11 is 0. The van der Waals surface area contributed by atoms with Gasteiger partial charge in [-0.2, -0.15) is 5.10 Å². The van der Waals surface area contributed by atoms with Gasteiger partial charge in [-0.3, -0.25) is 4.68 Å². The second-order valence-corrected chi connectivity index (χ2v) is 6.47. The molecule has 21 heavy (non-hydrogen) atoms. The summed E-state index contributed by atoms with van der Waals surface area (Å²) in [5, 5.41) is 4.44. The van der Waals surface area contributed by atoms with Crippen LogP contribution in [0.15, 0.2) is 6.20 Å². The van der Waals surface area contributed by atoms with Crippen molar-refractivity contribution in [3.8, 4) is 0 Å². The summed E-state index contributed by atoms with van der Waals surface area (Å²) in [5.74, 6) is 1.94. The van der Waals surface area contributed by atoms with Crippen molar-refractivity contribution < 1.29 is 4.74 Å². The van der Waals surface area contributed by atoms with Gasteiger partial charge < -0.3 is 4.74 Å². The molecule has 1 aromatic heterocycles. The van der Waals surface area contributed by atoms with E-state index in [1.165, 1.54) is 56.2 Å². The predicted octanol–water partition coefficient (Wildman–Crippen LogP) is 4.38. The average Bonchev–Trinajstić information content (AvgIpc) is 3.15. The summed E-state index contributed by atoms with van der Waals surface area (Å²) in [7, 11) is 0. The van der Waals surface area contributed by atoms with E-state index in [9.17, 15) is 0 Å². The van der Waals surface area contributed by atoms with Crippen LogP contribution in [0.4, 0.5) is 0 Å². The van der Waals surface area contributed by atoms with Gasteiger partial charge >= 0.3 is 0 Å². The van der Waals surface area contributed by atoms with Crippen molar-refractivity contribution in [3.05, 3.63) is 17.5 Å². The molecular formula is C18H32N2O. The van der Waals surface area contributed by atoms with E-state index in [2.05, 4.69) is 36.7 Å². The highest BCUT2D eigenvalue weighted by atomic mass is 16.5. The molecule has 3 heteroatoms. The van der Waals surface area contributed by atoms with Gasteiger partial charge in [0, 0.05) is 25.5 Å². The summed E-state index contributed by atoms with van der Waals surface area (Å²) in [4.78, 5) is 0. The van der Waals surface area contributed by atoms with Crippen LogP contribution in [0.5, 0.6) is 0 Å². The molecule has 1 aliphatic rings. The molecule has 1 fully saturated rings. The van der Waals surface area contributed by atoms with Gasteiger partial charge in [0.05, 0.1) is 6.20 Å². The van der Waals surface area contributed by atoms with Crippen molar-refractivity contribution >= 4 is 0 Å². The predicted molar refractivity (Wildman–Crippen MR) is 87.5 cm³/mol. The second kappa shape index (κ2) is 8.57. The molecule has 0 N–H and O–H groups in total. The van der Waals surface area contributed by atoms with E-state index in [4.69, 9.17) is 4.74 Å². The molecule has 1 aromatic rings. The first kappa shape index (κ1) is 16.5. The topological polar surface area (TPSA) is 27.1 Å². The third kappa shape index (κ3) is 5.14. The zero-order valence-electron chi connectivity index (χ0n) is 14.1. The van der Waals surface area contributed by atoms with Crippen LogP contribution in [0.2, 0.25) is 0 Å². The van der Waals surface area contributed by atoms with Crippen LogP contribution in [0, 0.1) is 18.8 Å². The molecule has 0 bridgehead atoms. The van der Waals surface area contributed by atoms with E-state index in [-0.39, 0.29) is 0 Å². The second-order valence-electron chi connectivity index (χ2n) is 6.47. The number of unbranched alkanes of at least 4 members (excludes halogenated alkanes) is 1. The first-order chi connectivity index (χ1) is 10.3. The fourth-order valence-corrected chi connectivity index (χ4v) is 3.20. The van der Waals surface area contributed by atoms with Gasteiger partial charge in [0.1, 0.15) is 0 Å². The van der Waals surface area contributed by atoms with Gasteiger partial charge in [-0.05, 0) is 69.8 Å². The molecule has 2 rings (SSSR count). The maximum absolute atomic E-state index is 5.64. The average molecular weight is 292 g/mol. The van der Waals surface area contributed by atoms with Crippen molar-refractivity contribution in [2.45, 2.75) is 72.3 Å². The minimum atomic E-state index is 0.950. The highest BCUT2D eigenvalue weighted by molar-refractivity contribution is 5.16. The van der Waals surface area contributed by atoms with Crippen LogP contribution >= 0.6 is 0 Å². The van der Waals surface area contributed by atoms with Crippen molar-refractivity contribution in [3.63, 3.8) is 0 Å². The number of aryl methyl sites for hydroxylation is 2. The van der Waals surface area contributed by atoms with Gasteiger partial charge in [0.25, 0.3) is 0 Å². The first-order valence-corrected chi connectivity index (χ1v) is 8.85. The van der Waals surface area contributed by atoms with Gasteiger partial charge in [0.15, 0.2) is 0 Å². The Bertz CT molecular complexity index is 413. The minimum absolute atomic E-state index is 0.950. The lowest BCUT2D eigenvalue weighted by molar-refractivity contribution is 0.126. The molecule has 120 valence electrons. The molecular weight excluding hydrogens is 260 g/mol. The van der Waals surface area contributed by atoms with E-state index < -0.39 is 0 Å². The Morgan fingerprint density at radius 3 is 2.67 bits per heavy atom. The maximum Gasteiger partial charge on any atom is 0.0524 e. The van der Waals surface area contributed by atoms with Crippen LogP contribution in [0.1, 0.15) is 63.6 Å². The molecule has 0 saturated heterocycles. The van der Waals surface area contributed by atoms with E-state index in [0.29, 0.717) is 0 Å². The van der Waals surface area contributed by atoms with Gasteiger partial charge in [-0.15, -0.1) is 0 Å². The number of rotatable bonds is 11. The zero-order chi connectivity index (χ0) is 15.1. The lowest BCUT2D eigenvalue weighted by atomic mass is 10.1.